The number of fused-ring (bicyclic) bond motifs is 1. The van der Waals surface area contributed by atoms with E-state index >= 15 is 0 Å². The van der Waals surface area contributed by atoms with Gasteiger partial charge < -0.3 is 9.47 Å². The number of ether oxygens (including phenoxy) is 2. The van der Waals surface area contributed by atoms with E-state index in [1.807, 2.05) is 54.6 Å². The molecule has 1 aliphatic rings. The van der Waals surface area contributed by atoms with Gasteiger partial charge in [-0.15, -0.1) is 0 Å². The molecule has 2 heterocycles. The Hall–Kier alpha value is -3.97. The van der Waals surface area contributed by atoms with Crippen LogP contribution in [0.2, 0.25) is 0 Å². The Bertz CT molecular complexity index is 1440. The summed E-state index contributed by atoms with van der Waals surface area (Å²) in [4.78, 5) is 31.6. The van der Waals surface area contributed by atoms with Gasteiger partial charge in [-0.3, -0.25) is 9.36 Å². The first-order valence-corrected chi connectivity index (χ1v) is 11.5. The normalized spacial score (nSPS) is 15.7. The highest BCUT2D eigenvalue weighted by Gasteiger charge is 2.33. The zero-order valence-electron chi connectivity index (χ0n) is 18.9. The molecule has 0 saturated carbocycles. The van der Waals surface area contributed by atoms with Crippen molar-refractivity contribution in [1.82, 2.24) is 4.57 Å². The summed E-state index contributed by atoms with van der Waals surface area (Å²) in [6, 6.07) is 16.5. The van der Waals surface area contributed by atoms with Gasteiger partial charge >= 0.3 is 5.97 Å². The third-order valence-electron chi connectivity index (χ3n) is 5.34. The second kappa shape index (κ2) is 10.3. The van der Waals surface area contributed by atoms with Crippen molar-refractivity contribution in [3.63, 3.8) is 0 Å². The Balaban J connectivity index is 1.84. The quantitative estimate of drug-likeness (QED) is 0.389. The van der Waals surface area contributed by atoms with Crippen LogP contribution in [0.4, 0.5) is 0 Å². The van der Waals surface area contributed by atoms with Crippen LogP contribution in [0, 0.1) is 0 Å². The summed E-state index contributed by atoms with van der Waals surface area (Å²) < 4.78 is 12.7. The Labute approximate surface area is 201 Å². The Morgan fingerprint density at radius 2 is 1.91 bits per heavy atom. The van der Waals surface area contributed by atoms with Gasteiger partial charge in [-0.05, 0) is 36.3 Å². The van der Waals surface area contributed by atoms with Gasteiger partial charge in [0.1, 0.15) is 12.4 Å². The first-order chi connectivity index (χ1) is 16.5. The number of benzene rings is 2. The lowest BCUT2D eigenvalue weighted by molar-refractivity contribution is -0.138. The SMILES string of the molecule is C=CCOC(=O)C1=C(C)N=c2sc(=CC=Cc3ccccc3)c(=O)n2C1c1ccc(OC)cc1. The summed E-state index contributed by atoms with van der Waals surface area (Å²) in [7, 11) is 1.59. The minimum atomic E-state index is -0.667. The molecule has 2 aromatic carbocycles. The molecule has 0 N–H and O–H groups in total. The monoisotopic (exact) mass is 472 g/mol. The van der Waals surface area contributed by atoms with Gasteiger partial charge in [-0.1, -0.05) is 78.6 Å². The minimum absolute atomic E-state index is 0.0691. The van der Waals surface area contributed by atoms with Gasteiger partial charge in [0.05, 0.1) is 29.0 Å². The highest BCUT2D eigenvalue weighted by Crippen LogP contribution is 2.31. The van der Waals surface area contributed by atoms with E-state index < -0.39 is 12.0 Å². The molecule has 1 aliphatic heterocycles. The molecule has 0 aliphatic carbocycles. The zero-order chi connectivity index (χ0) is 24.1. The number of esters is 1. The van der Waals surface area contributed by atoms with Crippen LogP contribution < -0.4 is 19.6 Å². The Morgan fingerprint density at radius 1 is 1.18 bits per heavy atom. The van der Waals surface area contributed by atoms with E-state index in [1.165, 1.54) is 17.4 Å². The van der Waals surface area contributed by atoms with Gasteiger partial charge in [0.25, 0.3) is 5.56 Å². The number of hydrogen-bond acceptors (Lipinski definition) is 6. The summed E-state index contributed by atoms with van der Waals surface area (Å²) in [5, 5.41) is 0. The van der Waals surface area contributed by atoms with Crippen LogP contribution in [0.15, 0.2) is 94.4 Å². The number of hydrogen-bond donors (Lipinski definition) is 0. The number of methoxy groups -OCH3 is 1. The highest BCUT2D eigenvalue weighted by molar-refractivity contribution is 7.07. The molecule has 6 nitrogen and oxygen atoms in total. The first kappa shape index (κ1) is 23.2. The molecule has 0 saturated heterocycles. The maximum atomic E-state index is 13.5. The van der Waals surface area contributed by atoms with E-state index in [1.54, 1.807) is 36.8 Å². The van der Waals surface area contributed by atoms with Crippen LogP contribution >= 0.6 is 11.3 Å². The standard InChI is InChI=1S/C27H24N2O4S/c1-4-17-33-26(31)23-18(2)28-27-29(24(23)20-13-15-21(32-3)16-14-20)25(30)22(34-27)12-8-11-19-9-6-5-7-10-19/h4-16,24H,1,17H2,2-3H3. The van der Waals surface area contributed by atoms with Crippen molar-refractivity contribution in [2.24, 2.45) is 4.99 Å². The Kier molecular flexibility index (Phi) is 7.04. The smallest absolute Gasteiger partial charge is 0.338 e. The van der Waals surface area contributed by atoms with Gasteiger partial charge in [0.15, 0.2) is 4.80 Å². The average molecular weight is 473 g/mol. The van der Waals surface area contributed by atoms with Crippen LogP contribution in [-0.4, -0.2) is 24.3 Å². The maximum Gasteiger partial charge on any atom is 0.338 e. The summed E-state index contributed by atoms with van der Waals surface area (Å²) in [6.07, 6.45) is 7.06. The van der Waals surface area contributed by atoms with Gasteiger partial charge in [-0.25, -0.2) is 9.79 Å². The van der Waals surface area contributed by atoms with Crippen LogP contribution in [0.1, 0.15) is 24.1 Å². The summed E-state index contributed by atoms with van der Waals surface area (Å²) in [5.41, 5.74) is 2.41. The molecule has 0 bridgehead atoms. The maximum absolute atomic E-state index is 13.5. The van der Waals surface area contributed by atoms with Crippen molar-refractivity contribution >= 4 is 29.5 Å². The number of allylic oxidation sites excluding steroid dienone is 2. The highest BCUT2D eigenvalue weighted by atomic mass is 32.1. The lowest BCUT2D eigenvalue weighted by atomic mass is 9.96. The molecule has 172 valence electrons. The molecule has 3 aromatic rings. The van der Waals surface area contributed by atoms with Gasteiger partial charge in [0.2, 0.25) is 0 Å². The van der Waals surface area contributed by atoms with Crippen LogP contribution in [0.3, 0.4) is 0 Å². The van der Waals surface area contributed by atoms with E-state index in [4.69, 9.17) is 9.47 Å². The van der Waals surface area contributed by atoms with Crippen molar-refractivity contribution in [2.75, 3.05) is 13.7 Å². The summed E-state index contributed by atoms with van der Waals surface area (Å²) in [6.45, 7) is 5.43. The Morgan fingerprint density at radius 3 is 2.59 bits per heavy atom. The van der Waals surface area contributed by atoms with Crippen LogP contribution in [-0.2, 0) is 9.53 Å². The molecule has 1 atom stereocenters. The molecular formula is C27H24N2O4S. The predicted octanol–water partition coefficient (Wildman–Crippen LogP) is 3.64. The molecule has 0 spiro atoms. The first-order valence-electron chi connectivity index (χ1n) is 10.7. The number of rotatable bonds is 7. The summed E-state index contributed by atoms with van der Waals surface area (Å²) in [5.74, 6) is 0.152. The van der Waals surface area contributed by atoms with Gasteiger partial charge in [0, 0.05) is 0 Å². The molecular weight excluding hydrogens is 448 g/mol. The fourth-order valence-electron chi connectivity index (χ4n) is 3.72. The fraction of sp³-hybridized carbons (Fsp3) is 0.148. The van der Waals surface area contributed by atoms with Crippen molar-refractivity contribution in [3.8, 4) is 5.75 Å². The zero-order valence-corrected chi connectivity index (χ0v) is 19.7. The van der Waals surface area contributed by atoms with E-state index in [0.717, 1.165) is 11.1 Å². The lowest BCUT2D eigenvalue weighted by Crippen LogP contribution is -2.39. The fourth-order valence-corrected chi connectivity index (χ4v) is 4.72. The third kappa shape index (κ3) is 4.70. The van der Waals surface area contributed by atoms with E-state index in [2.05, 4.69) is 11.6 Å². The minimum Gasteiger partial charge on any atom is -0.497 e. The number of carbonyl (C=O) groups excluding carboxylic acids is 1. The predicted molar refractivity (Wildman–Crippen MR) is 134 cm³/mol. The number of carbonyl (C=O) groups is 1. The topological polar surface area (TPSA) is 69.9 Å². The second-order valence-electron chi connectivity index (χ2n) is 7.53. The molecule has 1 unspecified atom stereocenters. The summed E-state index contributed by atoms with van der Waals surface area (Å²) >= 11 is 1.29. The van der Waals surface area contributed by atoms with Crippen molar-refractivity contribution in [3.05, 3.63) is 115 Å². The number of thiazole rings is 1. The van der Waals surface area contributed by atoms with Crippen molar-refractivity contribution in [2.45, 2.75) is 13.0 Å². The van der Waals surface area contributed by atoms with E-state index in [-0.39, 0.29) is 12.2 Å². The van der Waals surface area contributed by atoms with Crippen LogP contribution in [0.25, 0.3) is 12.2 Å². The lowest BCUT2D eigenvalue weighted by Gasteiger charge is -2.24. The number of nitrogens with zero attached hydrogens (tertiary/aromatic N) is 2. The molecule has 34 heavy (non-hydrogen) atoms. The van der Waals surface area contributed by atoms with Crippen molar-refractivity contribution < 1.29 is 14.3 Å². The molecule has 0 fully saturated rings. The molecule has 4 rings (SSSR count). The largest absolute Gasteiger partial charge is 0.497 e. The molecule has 1 aromatic heterocycles. The van der Waals surface area contributed by atoms with E-state index in [0.29, 0.717) is 26.4 Å². The molecule has 0 radical (unpaired) electrons. The van der Waals surface area contributed by atoms with Crippen LogP contribution in [0.5, 0.6) is 5.75 Å². The second-order valence-corrected chi connectivity index (χ2v) is 8.54. The molecule has 0 amide bonds. The third-order valence-corrected chi connectivity index (χ3v) is 6.34. The number of aromatic nitrogens is 1. The van der Waals surface area contributed by atoms with Crippen molar-refractivity contribution in [1.29, 1.82) is 0 Å². The molecule has 7 heteroatoms. The van der Waals surface area contributed by atoms with E-state index in [9.17, 15) is 9.59 Å². The average Bonchev–Trinajstić information content (AvgIpc) is 3.17. The van der Waals surface area contributed by atoms with Gasteiger partial charge in [-0.2, -0.15) is 0 Å².